The first kappa shape index (κ1) is 15.1. The number of rotatable bonds is 4. The SMILES string of the molecule is COc1cccc2c1C(Oc1ccccc1C1CNC(=O)C1)CC2. The molecule has 0 saturated carbocycles. The molecular weight excluding hydrogens is 302 g/mol. The smallest absolute Gasteiger partial charge is 0.220 e. The van der Waals surface area contributed by atoms with Gasteiger partial charge in [-0.15, -0.1) is 0 Å². The van der Waals surface area contributed by atoms with E-state index in [1.165, 1.54) is 5.56 Å². The van der Waals surface area contributed by atoms with Gasteiger partial charge in [0.05, 0.1) is 7.11 Å². The van der Waals surface area contributed by atoms with Crippen LogP contribution in [-0.4, -0.2) is 19.6 Å². The number of nitrogens with one attached hydrogen (secondary N) is 1. The summed E-state index contributed by atoms with van der Waals surface area (Å²) >= 11 is 0. The first-order chi connectivity index (χ1) is 11.8. The zero-order chi connectivity index (χ0) is 16.5. The molecule has 0 aromatic heterocycles. The lowest BCUT2D eigenvalue weighted by Crippen LogP contribution is -2.14. The van der Waals surface area contributed by atoms with Crippen molar-refractivity contribution in [1.29, 1.82) is 0 Å². The fraction of sp³-hybridized carbons (Fsp3) is 0.350. The van der Waals surface area contributed by atoms with Crippen LogP contribution in [0.5, 0.6) is 11.5 Å². The Morgan fingerprint density at radius 3 is 2.71 bits per heavy atom. The van der Waals surface area contributed by atoms with E-state index in [2.05, 4.69) is 17.4 Å². The monoisotopic (exact) mass is 323 g/mol. The highest BCUT2D eigenvalue weighted by atomic mass is 16.5. The lowest BCUT2D eigenvalue weighted by atomic mass is 9.97. The number of para-hydroxylation sites is 1. The molecule has 4 nitrogen and oxygen atoms in total. The predicted octanol–water partition coefficient (Wildman–Crippen LogP) is 3.37. The second kappa shape index (κ2) is 6.19. The molecular formula is C20H21NO3. The summed E-state index contributed by atoms with van der Waals surface area (Å²) in [5.41, 5.74) is 3.57. The molecule has 0 spiro atoms. The first-order valence-corrected chi connectivity index (χ1v) is 8.44. The van der Waals surface area contributed by atoms with Gasteiger partial charge in [0.2, 0.25) is 5.91 Å². The first-order valence-electron chi connectivity index (χ1n) is 8.44. The van der Waals surface area contributed by atoms with Crippen molar-refractivity contribution in [3.63, 3.8) is 0 Å². The number of hydrogen-bond acceptors (Lipinski definition) is 3. The number of carbonyl (C=O) groups is 1. The molecule has 1 aliphatic heterocycles. The Labute approximate surface area is 141 Å². The average Bonchev–Trinajstić information content (AvgIpc) is 3.22. The van der Waals surface area contributed by atoms with Gasteiger partial charge in [-0.3, -0.25) is 4.79 Å². The highest BCUT2D eigenvalue weighted by molar-refractivity contribution is 5.79. The van der Waals surface area contributed by atoms with Crippen molar-refractivity contribution in [3.8, 4) is 11.5 Å². The van der Waals surface area contributed by atoms with Gasteiger partial charge < -0.3 is 14.8 Å². The van der Waals surface area contributed by atoms with Gasteiger partial charge in [-0.2, -0.15) is 0 Å². The van der Waals surface area contributed by atoms with Gasteiger partial charge in [0.1, 0.15) is 17.6 Å². The standard InChI is InChI=1S/C20H21NO3/c1-23-17-8-4-5-13-9-10-18(20(13)17)24-16-7-3-2-6-15(16)14-11-19(22)21-12-14/h2-8,14,18H,9-12H2,1H3,(H,21,22). The summed E-state index contributed by atoms with van der Waals surface area (Å²) in [6, 6.07) is 14.2. The van der Waals surface area contributed by atoms with Crippen LogP contribution in [0.2, 0.25) is 0 Å². The molecule has 24 heavy (non-hydrogen) atoms. The molecule has 0 radical (unpaired) electrons. The van der Waals surface area contributed by atoms with E-state index in [0.717, 1.165) is 35.5 Å². The van der Waals surface area contributed by atoms with Crippen molar-refractivity contribution in [3.05, 3.63) is 59.2 Å². The van der Waals surface area contributed by atoms with Gasteiger partial charge >= 0.3 is 0 Å². The summed E-state index contributed by atoms with van der Waals surface area (Å²) < 4.78 is 11.9. The number of carbonyl (C=O) groups excluding carboxylic acids is 1. The highest BCUT2D eigenvalue weighted by Gasteiger charge is 2.30. The molecule has 2 aromatic carbocycles. The van der Waals surface area contributed by atoms with Crippen LogP contribution in [0.4, 0.5) is 0 Å². The van der Waals surface area contributed by atoms with E-state index in [-0.39, 0.29) is 17.9 Å². The van der Waals surface area contributed by atoms with E-state index < -0.39 is 0 Å². The van der Waals surface area contributed by atoms with Crippen LogP contribution in [0.1, 0.15) is 41.6 Å². The van der Waals surface area contributed by atoms with Gasteiger partial charge in [0, 0.05) is 24.4 Å². The summed E-state index contributed by atoms with van der Waals surface area (Å²) in [4.78, 5) is 11.6. The highest BCUT2D eigenvalue weighted by Crippen LogP contribution is 2.42. The maximum Gasteiger partial charge on any atom is 0.220 e. The molecule has 2 unspecified atom stereocenters. The molecule has 1 aliphatic carbocycles. The van der Waals surface area contributed by atoms with Crippen LogP contribution in [0, 0.1) is 0 Å². The molecule has 4 rings (SSSR count). The van der Waals surface area contributed by atoms with Crippen molar-refractivity contribution in [2.24, 2.45) is 0 Å². The largest absolute Gasteiger partial charge is 0.496 e. The third-order valence-electron chi connectivity index (χ3n) is 4.98. The molecule has 1 amide bonds. The van der Waals surface area contributed by atoms with E-state index in [9.17, 15) is 4.79 Å². The second-order valence-corrected chi connectivity index (χ2v) is 6.42. The lowest BCUT2D eigenvalue weighted by molar-refractivity contribution is -0.119. The van der Waals surface area contributed by atoms with Gasteiger partial charge in [-0.25, -0.2) is 0 Å². The van der Waals surface area contributed by atoms with Crippen molar-refractivity contribution >= 4 is 5.91 Å². The molecule has 2 aromatic rings. The molecule has 124 valence electrons. The summed E-state index contributed by atoms with van der Waals surface area (Å²) in [5.74, 6) is 2.07. The summed E-state index contributed by atoms with van der Waals surface area (Å²) in [6.07, 6.45) is 2.49. The van der Waals surface area contributed by atoms with Crippen LogP contribution in [0.25, 0.3) is 0 Å². The average molecular weight is 323 g/mol. The van der Waals surface area contributed by atoms with Crippen LogP contribution in [0.3, 0.4) is 0 Å². The van der Waals surface area contributed by atoms with Crippen molar-refractivity contribution < 1.29 is 14.3 Å². The van der Waals surface area contributed by atoms with E-state index in [1.807, 2.05) is 30.3 Å². The van der Waals surface area contributed by atoms with E-state index >= 15 is 0 Å². The fourth-order valence-corrected chi connectivity index (χ4v) is 3.80. The normalized spacial score (nSPS) is 22.1. The Kier molecular flexibility index (Phi) is 3.89. The molecule has 1 heterocycles. The topological polar surface area (TPSA) is 47.6 Å². The van der Waals surface area contributed by atoms with Gasteiger partial charge in [0.15, 0.2) is 0 Å². The molecule has 2 atom stereocenters. The zero-order valence-electron chi connectivity index (χ0n) is 13.7. The number of aryl methyl sites for hydroxylation is 1. The maximum atomic E-state index is 11.6. The molecule has 1 saturated heterocycles. The Hall–Kier alpha value is -2.49. The van der Waals surface area contributed by atoms with Gasteiger partial charge in [0.25, 0.3) is 0 Å². The maximum absolute atomic E-state index is 11.6. The van der Waals surface area contributed by atoms with E-state index in [0.29, 0.717) is 13.0 Å². The van der Waals surface area contributed by atoms with Crippen LogP contribution < -0.4 is 14.8 Å². The lowest BCUT2D eigenvalue weighted by Gasteiger charge is -2.21. The summed E-state index contributed by atoms with van der Waals surface area (Å²) in [5, 5.41) is 2.91. The van der Waals surface area contributed by atoms with Crippen molar-refractivity contribution in [1.82, 2.24) is 5.32 Å². The Morgan fingerprint density at radius 1 is 1.08 bits per heavy atom. The number of hydrogen-bond donors (Lipinski definition) is 1. The predicted molar refractivity (Wildman–Crippen MR) is 91.5 cm³/mol. The molecule has 4 heteroatoms. The van der Waals surface area contributed by atoms with Crippen LogP contribution in [0.15, 0.2) is 42.5 Å². The zero-order valence-corrected chi connectivity index (χ0v) is 13.7. The number of benzene rings is 2. The minimum Gasteiger partial charge on any atom is -0.496 e. The minimum atomic E-state index is 0.00219. The third-order valence-corrected chi connectivity index (χ3v) is 4.98. The van der Waals surface area contributed by atoms with E-state index in [1.54, 1.807) is 7.11 Å². The van der Waals surface area contributed by atoms with Crippen LogP contribution >= 0.6 is 0 Å². The minimum absolute atomic E-state index is 0.00219. The van der Waals surface area contributed by atoms with Gasteiger partial charge in [-0.05, 0) is 36.1 Å². The number of amides is 1. The quantitative estimate of drug-likeness (QED) is 0.938. The molecule has 2 aliphatic rings. The fourth-order valence-electron chi connectivity index (χ4n) is 3.80. The Bertz CT molecular complexity index is 771. The van der Waals surface area contributed by atoms with Gasteiger partial charge in [-0.1, -0.05) is 30.3 Å². The third kappa shape index (κ3) is 2.62. The molecule has 0 bridgehead atoms. The Balaban J connectivity index is 1.63. The summed E-state index contributed by atoms with van der Waals surface area (Å²) in [6.45, 7) is 0.684. The van der Waals surface area contributed by atoms with E-state index in [4.69, 9.17) is 9.47 Å². The summed E-state index contributed by atoms with van der Waals surface area (Å²) in [7, 11) is 1.70. The van der Waals surface area contributed by atoms with Crippen molar-refractivity contribution in [2.45, 2.75) is 31.3 Å². The molecule has 1 N–H and O–H groups in total. The number of ether oxygens (including phenoxy) is 2. The number of methoxy groups -OCH3 is 1. The van der Waals surface area contributed by atoms with Crippen molar-refractivity contribution in [2.75, 3.05) is 13.7 Å². The second-order valence-electron chi connectivity index (χ2n) is 6.42. The number of fused-ring (bicyclic) bond motifs is 1. The Morgan fingerprint density at radius 2 is 1.92 bits per heavy atom. The molecule has 1 fully saturated rings. The van der Waals surface area contributed by atoms with Crippen LogP contribution in [-0.2, 0) is 11.2 Å².